The van der Waals surface area contributed by atoms with Crippen LogP contribution in [0.2, 0.25) is 0 Å². The number of hydrogen-bond acceptors (Lipinski definition) is 5. The van der Waals surface area contributed by atoms with Crippen molar-refractivity contribution in [2.45, 2.75) is 51.7 Å². The number of aryl methyl sites for hydroxylation is 1. The van der Waals surface area contributed by atoms with Crippen molar-refractivity contribution in [3.8, 4) is 11.1 Å². The van der Waals surface area contributed by atoms with Gasteiger partial charge in [-0.05, 0) is 49.4 Å². The lowest BCUT2D eigenvalue weighted by atomic mass is 9.99. The predicted molar refractivity (Wildman–Crippen MR) is 126 cm³/mol. The maximum Gasteiger partial charge on any atom is 0.408 e. The number of carbonyl (C=O) groups excluding carboxylic acids is 3. The minimum Gasteiger partial charge on any atom is -0.444 e. The van der Waals surface area contributed by atoms with Crippen LogP contribution in [0.3, 0.4) is 0 Å². The molecule has 0 heterocycles. The van der Waals surface area contributed by atoms with Gasteiger partial charge in [0.2, 0.25) is 11.8 Å². The van der Waals surface area contributed by atoms with E-state index >= 15 is 0 Å². The van der Waals surface area contributed by atoms with Gasteiger partial charge in [-0.15, -0.1) is 0 Å². The molecule has 0 radical (unpaired) electrons. The van der Waals surface area contributed by atoms with Gasteiger partial charge >= 0.3 is 6.09 Å². The number of likely N-dealkylation sites (N-methyl/N-ethyl adjacent to an activating group) is 1. The fraction of sp³-hybridized carbons (Fsp3) is 0.400. The summed E-state index contributed by atoms with van der Waals surface area (Å²) in [6.07, 6.45) is 0.463. The predicted octanol–water partition coefficient (Wildman–Crippen LogP) is 3.32. The zero-order chi connectivity index (χ0) is 24.6. The smallest absolute Gasteiger partial charge is 0.408 e. The van der Waals surface area contributed by atoms with E-state index in [1.54, 1.807) is 40.3 Å². The van der Waals surface area contributed by atoms with Gasteiger partial charge in [-0.25, -0.2) is 10.3 Å². The molecule has 0 bridgehead atoms. The largest absolute Gasteiger partial charge is 0.444 e. The van der Waals surface area contributed by atoms with Crippen LogP contribution in [0.25, 0.3) is 11.1 Å². The molecule has 0 aliphatic heterocycles. The van der Waals surface area contributed by atoms with Crippen molar-refractivity contribution in [2.24, 2.45) is 0 Å². The van der Waals surface area contributed by atoms with E-state index < -0.39 is 23.6 Å². The van der Waals surface area contributed by atoms with E-state index in [4.69, 9.17) is 9.94 Å². The molecule has 8 nitrogen and oxygen atoms in total. The molecule has 178 valence electrons. The van der Waals surface area contributed by atoms with Crippen molar-refractivity contribution in [3.05, 3.63) is 59.7 Å². The number of benzene rings is 2. The average Bonchev–Trinajstić information content (AvgIpc) is 2.76. The van der Waals surface area contributed by atoms with E-state index in [1.807, 2.05) is 48.5 Å². The van der Waals surface area contributed by atoms with Gasteiger partial charge in [-0.1, -0.05) is 48.5 Å². The molecule has 2 aromatic carbocycles. The lowest BCUT2D eigenvalue weighted by molar-refractivity contribution is -0.131. The number of ether oxygens (including phenoxy) is 1. The van der Waals surface area contributed by atoms with Gasteiger partial charge in [-0.3, -0.25) is 14.8 Å². The second kappa shape index (κ2) is 11.5. The van der Waals surface area contributed by atoms with Crippen LogP contribution < -0.4 is 10.8 Å². The molecule has 0 saturated heterocycles. The minimum atomic E-state index is -0.740. The number of nitrogens with zero attached hydrogens (tertiary/aromatic N) is 1. The molecule has 1 atom stereocenters. The van der Waals surface area contributed by atoms with Gasteiger partial charge in [0.15, 0.2) is 0 Å². The first-order valence-corrected chi connectivity index (χ1v) is 10.8. The average molecular weight is 456 g/mol. The molecule has 3 amide bonds. The van der Waals surface area contributed by atoms with E-state index in [9.17, 15) is 14.4 Å². The third kappa shape index (κ3) is 8.57. The number of hydroxylamine groups is 1. The molecule has 0 spiro atoms. The molecular weight excluding hydrogens is 422 g/mol. The number of carbonyl (C=O) groups is 3. The fourth-order valence-electron chi connectivity index (χ4n) is 3.21. The Kier molecular flexibility index (Phi) is 8.99. The first kappa shape index (κ1) is 25.9. The molecule has 33 heavy (non-hydrogen) atoms. The minimum absolute atomic E-state index is 0.213. The number of rotatable bonds is 8. The molecule has 0 saturated carbocycles. The zero-order valence-corrected chi connectivity index (χ0v) is 19.8. The van der Waals surface area contributed by atoms with Gasteiger partial charge in [0.1, 0.15) is 11.6 Å². The maximum atomic E-state index is 12.6. The van der Waals surface area contributed by atoms with E-state index in [0.717, 1.165) is 22.3 Å². The van der Waals surface area contributed by atoms with Crippen LogP contribution in [-0.4, -0.2) is 53.8 Å². The lowest BCUT2D eigenvalue weighted by Gasteiger charge is -2.25. The zero-order valence-electron chi connectivity index (χ0n) is 19.8. The Morgan fingerprint density at radius 2 is 1.45 bits per heavy atom. The molecule has 3 N–H and O–H groups in total. The third-order valence-corrected chi connectivity index (χ3v) is 4.88. The van der Waals surface area contributed by atoms with E-state index in [-0.39, 0.29) is 12.3 Å². The number of alkyl carbamates (subject to hydrolysis) is 1. The normalized spacial score (nSPS) is 11.9. The highest BCUT2D eigenvalue weighted by atomic mass is 16.6. The Balaban J connectivity index is 2.07. The van der Waals surface area contributed by atoms with E-state index in [1.165, 1.54) is 4.90 Å². The van der Waals surface area contributed by atoms with Crippen LogP contribution in [0.15, 0.2) is 48.5 Å². The summed E-state index contributed by atoms with van der Waals surface area (Å²) in [7, 11) is 3.30. The molecule has 2 rings (SSSR count). The summed E-state index contributed by atoms with van der Waals surface area (Å²) in [5.74, 6) is -0.628. The number of amides is 3. The highest BCUT2D eigenvalue weighted by Crippen LogP contribution is 2.21. The van der Waals surface area contributed by atoms with Crippen LogP contribution >= 0.6 is 0 Å². The summed E-state index contributed by atoms with van der Waals surface area (Å²) in [6, 6.07) is 14.9. The molecule has 0 fully saturated rings. The SMILES string of the molecule is CN(C)C(=O)[C@H](Cc1ccc(-c2ccc(CCC(=O)NO)cc2)cc1)NC(=O)OC(C)(C)C. The molecule has 0 unspecified atom stereocenters. The van der Waals surface area contributed by atoms with Crippen LogP contribution in [0.1, 0.15) is 38.3 Å². The van der Waals surface area contributed by atoms with Crippen molar-refractivity contribution >= 4 is 17.9 Å². The van der Waals surface area contributed by atoms with Crippen molar-refractivity contribution in [3.63, 3.8) is 0 Å². The summed E-state index contributed by atoms with van der Waals surface area (Å²) in [5, 5.41) is 11.3. The molecule has 0 aromatic heterocycles. The van der Waals surface area contributed by atoms with Crippen LogP contribution in [0, 0.1) is 0 Å². The Hall–Kier alpha value is -3.39. The standard InChI is InChI=1S/C25H33N3O5/c1-25(2,3)33-24(31)26-21(23(30)28(4)5)16-18-8-13-20(14-9-18)19-11-6-17(7-12-19)10-15-22(29)27-32/h6-9,11-14,21,32H,10,15-16H2,1-5H3,(H,26,31)(H,27,29)/t21-/m0/s1. The van der Waals surface area contributed by atoms with Gasteiger partial charge in [0, 0.05) is 26.9 Å². The second-order valence-electron chi connectivity index (χ2n) is 9.06. The van der Waals surface area contributed by atoms with Crippen LogP contribution in [-0.2, 0) is 27.2 Å². The quantitative estimate of drug-likeness (QED) is 0.418. The topological polar surface area (TPSA) is 108 Å². The van der Waals surface area contributed by atoms with E-state index in [0.29, 0.717) is 12.8 Å². The summed E-state index contributed by atoms with van der Waals surface area (Å²) in [6.45, 7) is 5.31. The lowest BCUT2D eigenvalue weighted by Crippen LogP contribution is -2.48. The highest BCUT2D eigenvalue weighted by Gasteiger charge is 2.25. The van der Waals surface area contributed by atoms with Crippen molar-refractivity contribution in [1.29, 1.82) is 0 Å². The van der Waals surface area contributed by atoms with Gasteiger partial charge in [0.05, 0.1) is 0 Å². The van der Waals surface area contributed by atoms with Gasteiger partial charge in [0.25, 0.3) is 0 Å². The molecule has 0 aliphatic carbocycles. The Morgan fingerprint density at radius 1 is 0.939 bits per heavy atom. The highest BCUT2D eigenvalue weighted by molar-refractivity contribution is 5.85. The Bertz CT molecular complexity index is 948. The fourth-order valence-corrected chi connectivity index (χ4v) is 3.21. The molecule has 8 heteroatoms. The second-order valence-corrected chi connectivity index (χ2v) is 9.06. The summed E-state index contributed by atoms with van der Waals surface area (Å²) >= 11 is 0. The molecule has 2 aromatic rings. The maximum absolute atomic E-state index is 12.6. The van der Waals surface area contributed by atoms with Crippen molar-refractivity contribution in [2.75, 3.05) is 14.1 Å². The third-order valence-electron chi connectivity index (χ3n) is 4.88. The number of nitrogens with one attached hydrogen (secondary N) is 2. The molecular formula is C25H33N3O5. The monoisotopic (exact) mass is 455 g/mol. The Morgan fingerprint density at radius 3 is 1.91 bits per heavy atom. The summed E-state index contributed by atoms with van der Waals surface area (Å²) in [4.78, 5) is 37.4. The number of hydrogen-bond donors (Lipinski definition) is 3. The van der Waals surface area contributed by atoms with Gasteiger partial charge < -0.3 is 15.0 Å². The first-order valence-electron chi connectivity index (χ1n) is 10.8. The van der Waals surface area contributed by atoms with Crippen LogP contribution in [0.4, 0.5) is 4.79 Å². The van der Waals surface area contributed by atoms with E-state index in [2.05, 4.69) is 5.32 Å². The van der Waals surface area contributed by atoms with Crippen molar-refractivity contribution < 1.29 is 24.3 Å². The summed E-state index contributed by atoms with van der Waals surface area (Å²) in [5.41, 5.74) is 4.91. The van der Waals surface area contributed by atoms with Crippen molar-refractivity contribution in [1.82, 2.24) is 15.7 Å². The summed E-state index contributed by atoms with van der Waals surface area (Å²) < 4.78 is 5.30. The van der Waals surface area contributed by atoms with Gasteiger partial charge in [-0.2, -0.15) is 0 Å². The first-order chi connectivity index (χ1) is 15.5. The van der Waals surface area contributed by atoms with Crippen LogP contribution in [0.5, 0.6) is 0 Å². The Labute approximate surface area is 194 Å². The molecule has 0 aliphatic rings.